The van der Waals surface area contributed by atoms with Crippen molar-refractivity contribution in [3.8, 4) is 6.07 Å². The van der Waals surface area contributed by atoms with Crippen LogP contribution in [0.1, 0.15) is 36.8 Å². The zero-order valence-corrected chi connectivity index (χ0v) is 11.8. The second kappa shape index (κ2) is 7.40. The van der Waals surface area contributed by atoms with Gasteiger partial charge in [-0.2, -0.15) is 5.26 Å². The summed E-state index contributed by atoms with van der Waals surface area (Å²) in [6.45, 7) is 1.93. The van der Waals surface area contributed by atoms with E-state index in [-0.39, 0.29) is 0 Å². The quantitative estimate of drug-likeness (QED) is 0.778. The number of aryl methyl sites for hydroxylation is 1. The number of nitrogens with zero attached hydrogens (tertiary/aromatic N) is 3. The van der Waals surface area contributed by atoms with Gasteiger partial charge in [0.05, 0.1) is 24.2 Å². The summed E-state index contributed by atoms with van der Waals surface area (Å²) in [5.41, 5.74) is 0.919. The van der Waals surface area contributed by atoms with Gasteiger partial charge in [0.25, 0.3) is 0 Å². The molecule has 0 spiro atoms. The van der Waals surface area contributed by atoms with Crippen LogP contribution in [0, 0.1) is 18.3 Å². The third kappa shape index (κ3) is 4.57. The van der Waals surface area contributed by atoms with E-state index < -0.39 is 11.9 Å². The van der Waals surface area contributed by atoms with Crippen LogP contribution in [0.3, 0.4) is 0 Å². The lowest BCUT2D eigenvalue weighted by atomic mass is 10.1. The number of carbonyl (C=O) groups is 2. The van der Waals surface area contributed by atoms with Crippen molar-refractivity contribution >= 4 is 11.9 Å². The van der Waals surface area contributed by atoms with Crippen LogP contribution < -0.4 is 0 Å². The van der Waals surface area contributed by atoms with E-state index >= 15 is 0 Å². The Morgan fingerprint density at radius 2 is 2.10 bits per heavy atom. The van der Waals surface area contributed by atoms with E-state index in [0.717, 1.165) is 24.3 Å². The van der Waals surface area contributed by atoms with Crippen LogP contribution in [0.15, 0.2) is 10.6 Å². The van der Waals surface area contributed by atoms with Crippen LogP contribution in [0.4, 0.5) is 0 Å². The molecule has 0 saturated carbocycles. The number of nitriles is 1. The molecule has 0 radical (unpaired) electrons. The number of carboxylic acid groups (broad SMARTS) is 2. The van der Waals surface area contributed by atoms with Gasteiger partial charge in [-0.15, -0.1) is 0 Å². The Morgan fingerprint density at radius 3 is 2.52 bits per heavy atom. The molecule has 2 rings (SSSR count). The SMILES string of the molecule is Cc1cc(C2CCC(CC#N)N2C)on1.O=C(O)C(=O)O. The molecule has 2 atom stereocenters. The molecule has 2 unspecified atom stereocenters. The zero-order chi connectivity index (χ0) is 16.0. The maximum absolute atomic E-state index is 9.10. The number of aliphatic carboxylic acids is 2. The molecule has 0 aromatic carbocycles. The Labute approximate surface area is 121 Å². The highest BCUT2D eigenvalue weighted by molar-refractivity contribution is 6.27. The first kappa shape index (κ1) is 16.7. The molecule has 0 bridgehead atoms. The highest BCUT2D eigenvalue weighted by Crippen LogP contribution is 2.35. The number of likely N-dealkylation sites (tertiary alicyclic amines) is 1. The van der Waals surface area contributed by atoms with Crippen LogP contribution in [0.25, 0.3) is 0 Å². The summed E-state index contributed by atoms with van der Waals surface area (Å²) in [6.07, 6.45) is 2.71. The summed E-state index contributed by atoms with van der Waals surface area (Å²) in [4.78, 5) is 20.4. The third-order valence-electron chi connectivity index (χ3n) is 3.33. The minimum atomic E-state index is -1.82. The van der Waals surface area contributed by atoms with Crippen LogP contribution in [0.2, 0.25) is 0 Å². The highest BCUT2D eigenvalue weighted by Gasteiger charge is 2.33. The van der Waals surface area contributed by atoms with Gasteiger partial charge in [0.1, 0.15) is 0 Å². The van der Waals surface area contributed by atoms with E-state index in [1.165, 1.54) is 0 Å². The first-order valence-electron chi connectivity index (χ1n) is 6.35. The molecule has 114 valence electrons. The summed E-state index contributed by atoms with van der Waals surface area (Å²) in [5, 5.41) is 27.4. The van der Waals surface area contributed by atoms with Crippen LogP contribution in [-0.2, 0) is 9.59 Å². The molecule has 1 aromatic heterocycles. The van der Waals surface area contributed by atoms with Gasteiger partial charge in [-0.05, 0) is 26.8 Å². The Balaban J connectivity index is 0.000000315. The fourth-order valence-corrected chi connectivity index (χ4v) is 2.25. The Bertz CT molecular complexity index is 536. The fourth-order valence-electron chi connectivity index (χ4n) is 2.25. The Morgan fingerprint density at radius 1 is 1.48 bits per heavy atom. The number of hydrogen-bond acceptors (Lipinski definition) is 6. The first-order chi connectivity index (χ1) is 9.86. The zero-order valence-electron chi connectivity index (χ0n) is 11.8. The van der Waals surface area contributed by atoms with Crippen molar-refractivity contribution in [1.82, 2.24) is 10.1 Å². The smallest absolute Gasteiger partial charge is 0.414 e. The van der Waals surface area contributed by atoms with Gasteiger partial charge in [-0.3, -0.25) is 4.90 Å². The average Bonchev–Trinajstić information content (AvgIpc) is 2.98. The van der Waals surface area contributed by atoms with Crippen molar-refractivity contribution in [3.63, 3.8) is 0 Å². The minimum absolute atomic E-state index is 0.296. The average molecular weight is 295 g/mol. The second-order valence-corrected chi connectivity index (χ2v) is 4.76. The van der Waals surface area contributed by atoms with E-state index in [1.54, 1.807) is 0 Å². The number of carboxylic acids is 2. The molecule has 1 fully saturated rings. The van der Waals surface area contributed by atoms with Crippen LogP contribution in [0.5, 0.6) is 0 Å². The molecule has 1 aliphatic heterocycles. The van der Waals surface area contributed by atoms with Gasteiger partial charge in [-0.25, -0.2) is 9.59 Å². The maximum atomic E-state index is 9.10. The lowest BCUT2D eigenvalue weighted by molar-refractivity contribution is -0.159. The Kier molecular flexibility index (Phi) is 5.87. The standard InChI is InChI=1S/C11H15N3O.C2H2O4/c1-8-7-11(15-13-8)10-4-3-9(5-6-12)14(10)2;3-1(4)2(5)6/h7,9-10H,3-5H2,1-2H3;(H,3,4)(H,5,6). The molecule has 8 nitrogen and oxygen atoms in total. The van der Waals surface area contributed by atoms with Crippen molar-refractivity contribution in [1.29, 1.82) is 5.26 Å². The summed E-state index contributed by atoms with van der Waals surface area (Å²) < 4.78 is 5.27. The van der Waals surface area contributed by atoms with Crippen molar-refractivity contribution in [2.45, 2.75) is 38.3 Å². The van der Waals surface area contributed by atoms with E-state index in [0.29, 0.717) is 18.5 Å². The highest BCUT2D eigenvalue weighted by atomic mass is 16.5. The van der Waals surface area contributed by atoms with E-state index in [4.69, 9.17) is 29.6 Å². The molecular weight excluding hydrogens is 278 g/mol. The predicted octanol–water partition coefficient (Wildman–Crippen LogP) is 1.19. The summed E-state index contributed by atoms with van der Waals surface area (Å²) >= 11 is 0. The maximum Gasteiger partial charge on any atom is 0.414 e. The molecule has 0 aliphatic carbocycles. The second-order valence-electron chi connectivity index (χ2n) is 4.76. The molecule has 1 saturated heterocycles. The Hall–Kier alpha value is -2.40. The molecule has 0 amide bonds. The van der Waals surface area contributed by atoms with Crippen LogP contribution >= 0.6 is 0 Å². The lowest BCUT2D eigenvalue weighted by Crippen LogP contribution is -2.26. The molecule has 21 heavy (non-hydrogen) atoms. The van der Waals surface area contributed by atoms with Crippen molar-refractivity contribution in [2.24, 2.45) is 0 Å². The molecular formula is C13H17N3O5. The van der Waals surface area contributed by atoms with Gasteiger partial charge >= 0.3 is 11.9 Å². The van der Waals surface area contributed by atoms with Gasteiger partial charge < -0.3 is 14.7 Å². The molecule has 2 N–H and O–H groups in total. The van der Waals surface area contributed by atoms with Gasteiger partial charge in [0.15, 0.2) is 5.76 Å². The normalized spacial score (nSPS) is 21.2. The van der Waals surface area contributed by atoms with Crippen molar-refractivity contribution < 1.29 is 24.3 Å². The molecule has 8 heteroatoms. The van der Waals surface area contributed by atoms with Gasteiger partial charge in [-0.1, -0.05) is 5.16 Å². The van der Waals surface area contributed by atoms with Gasteiger partial charge in [0, 0.05) is 12.1 Å². The summed E-state index contributed by atoms with van der Waals surface area (Å²) in [6, 6.07) is 4.87. The van der Waals surface area contributed by atoms with E-state index in [2.05, 4.69) is 23.2 Å². The lowest BCUT2D eigenvalue weighted by Gasteiger charge is -2.21. The van der Waals surface area contributed by atoms with Crippen molar-refractivity contribution in [2.75, 3.05) is 7.05 Å². The van der Waals surface area contributed by atoms with Gasteiger partial charge in [0.2, 0.25) is 0 Å². The van der Waals surface area contributed by atoms with E-state index in [1.807, 2.05) is 13.0 Å². The van der Waals surface area contributed by atoms with E-state index in [9.17, 15) is 0 Å². The van der Waals surface area contributed by atoms with Crippen LogP contribution in [-0.4, -0.2) is 45.3 Å². The fraction of sp³-hybridized carbons (Fsp3) is 0.538. The monoisotopic (exact) mass is 295 g/mol. The molecule has 2 heterocycles. The largest absolute Gasteiger partial charge is 0.473 e. The number of hydrogen-bond donors (Lipinski definition) is 2. The molecule has 1 aliphatic rings. The number of rotatable bonds is 2. The predicted molar refractivity (Wildman–Crippen MR) is 70.3 cm³/mol. The molecule has 1 aromatic rings. The minimum Gasteiger partial charge on any atom is -0.473 e. The topological polar surface area (TPSA) is 128 Å². The summed E-state index contributed by atoms with van der Waals surface area (Å²) in [7, 11) is 2.05. The first-order valence-corrected chi connectivity index (χ1v) is 6.35. The third-order valence-corrected chi connectivity index (χ3v) is 3.33. The number of aromatic nitrogens is 1. The summed E-state index contributed by atoms with van der Waals surface area (Å²) in [5.74, 6) is -2.72. The van der Waals surface area contributed by atoms with Crippen molar-refractivity contribution in [3.05, 3.63) is 17.5 Å².